The van der Waals surface area contributed by atoms with Crippen LogP contribution in [0, 0.1) is 11.3 Å². The molecule has 3 atom stereocenters. The summed E-state index contributed by atoms with van der Waals surface area (Å²) in [5, 5.41) is 13.6. The number of para-hydroxylation sites is 1. The zero-order chi connectivity index (χ0) is 17.9. The lowest BCUT2D eigenvalue weighted by Crippen LogP contribution is -2.47. The number of hydrogen-bond acceptors (Lipinski definition) is 5. The van der Waals surface area contributed by atoms with Crippen molar-refractivity contribution in [3.05, 3.63) is 36.5 Å². The van der Waals surface area contributed by atoms with Crippen LogP contribution in [0.4, 0.5) is 0 Å². The van der Waals surface area contributed by atoms with E-state index in [0.717, 1.165) is 42.3 Å². The van der Waals surface area contributed by atoms with Gasteiger partial charge in [0, 0.05) is 24.2 Å². The number of benzene rings is 1. The summed E-state index contributed by atoms with van der Waals surface area (Å²) in [5.74, 6) is 0.877. The first kappa shape index (κ1) is 16.8. The molecule has 2 saturated heterocycles. The van der Waals surface area contributed by atoms with Crippen molar-refractivity contribution in [3.8, 4) is 11.8 Å². The van der Waals surface area contributed by atoms with Gasteiger partial charge >= 0.3 is 0 Å². The van der Waals surface area contributed by atoms with Crippen molar-refractivity contribution in [2.75, 3.05) is 13.2 Å². The fourth-order valence-electron chi connectivity index (χ4n) is 3.90. The average Bonchev–Trinajstić information content (AvgIpc) is 3.35. The molecule has 2 fully saturated rings. The molecule has 1 amide bonds. The van der Waals surface area contributed by atoms with Crippen LogP contribution in [-0.2, 0) is 4.79 Å². The maximum Gasteiger partial charge on any atom is 0.240 e. The molecule has 0 saturated carbocycles. The average molecular weight is 350 g/mol. The van der Waals surface area contributed by atoms with Gasteiger partial charge in [-0.25, -0.2) is 0 Å². The van der Waals surface area contributed by atoms with Crippen molar-refractivity contribution >= 4 is 16.8 Å². The van der Waals surface area contributed by atoms with Gasteiger partial charge < -0.3 is 9.64 Å². The Hall–Kier alpha value is -2.65. The predicted molar refractivity (Wildman–Crippen MR) is 97.5 cm³/mol. The van der Waals surface area contributed by atoms with Gasteiger partial charge in [-0.15, -0.1) is 0 Å². The molecule has 1 aromatic heterocycles. The van der Waals surface area contributed by atoms with Gasteiger partial charge in [0.05, 0.1) is 17.6 Å². The number of likely N-dealkylation sites (tertiary alicyclic amines) is 1. The number of ether oxygens (including phenoxy) is 1. The molecular weight excluding hydrogens is 328 g/mol. The van der Waals surface area contributed by atoms with E-state index >= 15 is 0 Å². The van der Waals surface area contributed by atoms with Gasteiger partial charge in [0.15, 0.2) is 0 Å². The molecule has 0 aliphatic carbocycles. The van der Waals surface area contributed by atoms with Crippen molar-refractivity contribution in [2.45, 2.75) is 43.8 Å². The van der Waals surface area contributed by atoms with E-state index < -0.39 is 0 Å². The summed E-state index contributed by atoms with van der Waals surface area (Å²) >= 11 is 0. The summed E-state index contributed by atoms with van der Waals surface area (Å²) in [7, 11) is 0. The number of carbonyl (C=O) groups is 1. The van der Waals surface area contributed by atoms with Gasteiger partial charge in [-0.2, -0.15) is 5.26 Å². The van der Waals surface area contributed by atoms with Crippen LogP contribution in [0.1, 0.15) is 25.7 Å². The molecule has 0 bridgehead atoms. The van der Waals surface area contributed by atoms with E-state index in [1.165, 1.54) is 0 Å². The summed E-state index contributed by atoms with van der Waals surface area (Å²) in [6.07, 6.45) is 5.14. The molecule has 1 aromatic carbocycles. The molecule has 6 heteroatoms. The lowest BCUT2D eigenvalue weighted by atomic mass is 10.1. The molecular formula is C20H22N4O2. The van der Waals surface area contributed by atoms with E-state index in [0.29, 0.717) is 13.2 Å². The Morgan fingerprint density at radius 3 is 3.08 bits per heavy atom. The van der Waals surface area contributed by atoms with Crippen LogP contribution < -0.4 is 10.1 Å². The molecule has 0 spiro atoms. The van der Waals surface area contributed by atoms with E-state index in [2.05, 4.69) is 16.4 Å². The van der Waals surface area contributed by atoms with E-state index in [1.54, 1.807) is 11.1 Å². The number of nitrogens with one attached hydrogen (secondary N) is 1. The Morgan fingerprint density at radius 1 is 1.31 bits per heavy atom. The summed E-state index contributed by atoms with van der Waals surface area (Å²) in [6.45, 7) is 1.21. The van der Waals surface area contributed by atoms with Crippen LogP contribution in [0.5, 0.6) is 5.75 Å². The first-order valence-electron chi connectivity index (χ1n) is 9.19. The normalized spacial score (nSPS) is 25.3. The van der Waals surface area contributed by atoms with Crippen molar-refractivity contribution in [1.82, 2.24) is 15.2 Å². The molecule has 1 N–H and O–H groups in total. The number of pyridine rings is 1. The number of carbonyl (C=O) groups excluding carboxylic acids is 1. The molecule has 0 radical (unpaired) electrons. The number of fused-ring (bicyclic) bond motifs is 1. The highest BCUT2D eigenvalue weighted by atomic mass is 16.5. The molecule has 2 aliphatic rings. The standard InChI is InChI=1S/C20H22N4O2/c21-12-15-4-3-11-24(15)20(25)18-8-7-14(23-18)13-26-19-9-10-22-17-6-2-1-5-16(17)19/h1-2,5-6,9-10,14-15,18,23H,3-4,7-8,11,13H2/t14-,15?,18+/m1/s1. The maximum absolute atomic E-state index is 12.7. The zero-order valence-corrected chi connectivity index (χ0v) is 14.6. The van der Waals surface area contributed by atoms with E-state index in [4.69, 9.17) is 4.74 Å². The highest BCUT2D eigenvalue weighted by molar-refractivity contribution is 5.84. The number of hydrogen-bond donors (Lipinski definition) is 1. The van der Waals surface area contributed by atoms with Crippen LogP contribution in [0.3, 0.4) is 0 Å². The largest absolute Gasteiger partial charge is 0.491 e. The number of nitrogens with zero attached hydrogens (tertiary/aromatic N) is 3. The minimum Gasteiger partial charge on any atom is -0.491 e. The zero-order valence-electron chi connectivity index (χ0n) is 14.6. The molecule has 1 unspecified atom stereocenters. The first-order chi connectivity index (χ1) is 12.8. The topological polar surface area (TPSA) is 78.2 Å². The van der Waals surface area contributed by atoms with E-state index in [-0.39, 0.29) is 24.0 Å². The fraction of sp³-hybridized carbons (Fsp3) is 0.450. The third-order valence-electron chi connectivity index (χ3n) is 5.27. The summed E-state index contributed by atoms with van der Waals surface area (Å²) in [5.41, 5.74) is 0.911. The van der Waals surface area contributed by atoms with Gasteiger partial charge in [-0.1, -0.05) is 12.1 Å². The third kappa shape index (κ3) is 3.23. The second-order valence-electron chi connectivity index (χ2n) is 6.95. The highest BCUT2D eigenvalue weighted by Crippen LogP contribution is 2.25. The van der Waals surface area contributed by atoms with Crippen LogP contribution in [0.25, 0.3) is 10.9 Å². The minimum atomic E-state index is -0.261. The van der Waals surface area contributed by atoms with Gasteiger partial charge in [-0.05, 0) is 43.9 Å². The first-order valence-corrected chi connectivity index (χ1v) is 9.19. The quantitative estimate of drug-likeness (QED) is 0.915. The minimum absolute atomic E-state index is 0.0610. The van der Waals surface area contributed by atoms with Crippen molar-refractivity contribution < 1.29 is 9.53 Å². The Morgan fingerprint density at radius 2 is 2.19 bits per heavy atom. The predicted octanol–water partition coefficient (Wildman–Crippen LogP) is 2.25. The summed E-state index contributed by atoms with van der Waals surface area (Å²) < 4.78 is 6.02. The lowest BCUT2D eigenvalue weighted by molar-refractivity contribution is -0.133. The molecule has 26 heavy (non-hydrogen) atoms. The van der Waals surface area contributed by atoms with Crippen LogP contribution >= 0.6 is 0 Å². The van der Waals surface area contributed by atoms with Crippen molar-refractivity contribution in [2.24, 2.45) is 0 Å². The number of nitriles is 1. The van der Waals surface area contributed by atoms with Gasteiger partial charge in [0.25, 0.3) is 0 Å². The molecule has 3 heterocycles. The Labute approximate surface area is 152 Å². The second kappa shape index (κ2) is 7.30. The molecule has 4 rings (SSSR count). The van der Waals surface area contributed by atoms with E-state index in [9.17, 15) is 10.1 Å². The number of rotatable bonds is 4. The molecule has 2 aliphatic heterocycles. The van der Waals surface area contributed by atoms with Crippen molar-refractivity contribution in [1.29, 1.82) is 5.26 Å². The fourth-order valence-corrected chi connectivity index (χ4v) is 3.90. The Balaban J connectivity index is 1.36. The Bertz CT molecular complexity index is 842. The van der Waals surface area contributed by atoms with Gasteiger partial charge in [0.1, 0.15) is 18.4 Å². The molecule has 2 aromatic rings. The smallest absolute Gasteiger partial charge is 0.240 e. The van der Waals surface area contributed by atoms with Crippen LogP contribution in [-0.4, -0.2) is 47.1 Å². The monoisotopic (exact) mass is 350 g/mol. The third-order valence-corrected chi connectivity index (χ3v) is 5.27. The van der Waals surface area contributed by atoms with Gasteiger partial charge in [0.2, 0.25) is 5.91 Å². The Kier molecular flexibility index (Phi) is 4.72. The number of aromatic nitrogens is 1. The number of amides is 1. The summed E-state index contributed by atoms with van der Waals surface area (Å²) in [6, 6.07) is 11.7. The van der Waals surface area contributed by atoms with E-state index in [1.807, 2.05) is 30.3 Å². The second-order valence-corrected chi connectivity index (χ2v) is 6.95. The van der Waals surface area contributed by atoms with Crippen molar-refractivity contribution in [3.63, 3.8) is 0 Å². The van der Waals surface area contributed by atoms with Crippen LogP contribution in [0.15, 0.2) is 36.5 Å². The maximum atomic E-state index is 12.7. The summed E-state index contributed by atoms with van der Waals surface area (Å²) in [4.78, 5) is 18.8. The lowest BCUT2D eigenvalue weighted by Gasteiger charge is -2.24. The highest BCUT2D eigenvalue weighted by Gasteiger charge is 2.36. The van der Waals surface area contributed by atoms with Gasteiger partial charge in [-0.3, -0.25) is 15.1 Å². The SMILES string of the molecule is N#CC1CCCN1C(=O)[C@@H]1CC[C@H](COc2ccnc3ccccc23)N1. The van der Waals surface area contributed by atoms with Crippen LogP contribution in [0.2, 0.25) is 0 Å². The molecule has 134 valence electrons. The molecule has 6 nitrogen and oxygen atoms in total.